The largest absolute Gasteiger partial charge is 0.457 e. The Morgan fingerprint density at radius 3 is 2.56 bits per heavy atom. The number of amides is 1. The molecule has 0 spiro atoms. The van der Waals surface area contributed by atoms with Gasteiger partial charge in [-0.05, 0) is 43.3 Å². The van der Waals surface area contributed by atoms with Crippen molar-refractivity contribution in [1.82, 2.24) is 0 Å². The fourth-order valence-electron chi connectivity index (χ4n) is 2.40. The Bertz CT molecular complexity index is 1060. The third-order valence-corrected chi connectivity index (χ3v) is 4.62. The minimum absolute atomic E-state index is 0.0753. The van der Waals surface area contributed by atoms with Crippen LogP contribution >= 0.6 is 23.2 Å². The average molecular weight is 397 g/mol. The molecule has 0 saturated carbocycles. The maximum Gasteiger partial charge on any atom is 0.266 e. The molecule has 4 nitrogen and oxygen atoms in total. The molecule has 3 rings (SSSR count). The second kappa shape index (κ2) is 8.13. The molecule has 0 unspecified atom stereocenters. The van der Waals surface area contributed by atoms with Crippen LogP contribution in [0.2, 0.25) is 10.0 Å². The summed E-state index contributed by atoms with van der Waals surface area (Å²) in [6.45, 7) is 1.95. The Hall–Kier alpha value is -3.00. The predicted octanol–water partition coefficient (Wildman–Crippen LogP) is 6.11. The van der Waals surface area contributed by atoms with Gasteiger partial charge in [-0.2, -0.15) is 5.26 Å². The predicted molar refractivity (Wildman–Crippen MR) is 108 cm³/mol. The lowest BCUT2D eigenvalue weighted by atomic mass is 10.2. The summed E-state index contributed by atoms with van der Waals surface area (Å²) in [7, 11) is 0. The highest BCUT2D eigenvalue weighted by molar-refractivity contribution is 6.43. The van der Waals surface area contributed by atoms with Gasteiger partial charge in [-0.1, -0.05) is 47.0 Å². The average Bonchev–Trinajstić information content (AvgIpc) is 3.12. The lowest BCUT2D eigenvalue weighted by Crippen LogP contribution is -2.13. The van der Waals surface area contributed by atoms with Gasteiger partial charge >= 0.3 is 0 Å². The molecule has 1 amide bonds. The van der Waals surface area contributed by atoms with E-state index in [0.717, 1.165) is 5.56 Å². The summed E-state index contributed by atoms with van der Waals surface area (Å²) < 4.78 is 5.70. The number of hydrogen-bond donors (Lipinski definition) is 1. The van der Waals surface area contributed by atoms with Crippen molar-refractivity contribution in [2.24, 2.45) is 0 Å². The van der Waals surface area contributed by atoms with Gasteiger partial charge in [0, 0.05) is 17.3 Å². The molecule has 0 saturated heterocycles. The van der Waals surface area contributed by atoms with Crippen molar-refractivity contribution in [3.05, 3.63) is 81.5 Å². The Morgan fingerprint density at radius 1 is 1.11 bits per heavy atom. The molecule has 0 fully saturated rings. The van der Waals surface area contributed by atoms with Crippen LogP contribution in [0.25, 0.3) is 17.4 Å². The Balaban J connectivity index is 1.83. The zero-order chi connectivity index (χ0) is 19.4. The quantitative estimate of drug-likeness (QED) is 0.427. The summed E-state index contributed by atoms with van der Waals surface area (Å²) in [5.74, 6) is 0.335. The van der Waals surface area contributed by atoms with Crippen LogP contribution in [0.15, 0.2) is 64.6 Å². The van der Waals surface area contributed by atoms with Gasteiger partial charge in [0.1, 0.15) is 23.2 Å². The van der Waals surface area contributed by atoms with Crippen LogP contribution in [0.4, 0.5) is 5.69 Å². The van der Waals surface area contributed by atoms with E-state index >= 15 is 0 Å². The number of anilines is 1. The number of nitriles is 1. The molecule has 3 aromatic rings. The fourth-order valence-corrected chi connectivity index (χ4v) is 2.79. The van der Waals surface area contributed by atoms with E-state index in [9.17, 15) is 10.1 Å². The molecule has 0 bridgehead atoms. The number of halogens is 2. The van der Waals surface area contributed by atoms with Crippen LogP contribution in [0, 0.1) is 18.3 Å². The molecule has 1 aromatic heterocycles. The number of hydrogen-bond acceptors (Lipinski definition) is 3. The molecule has 6 heteroatoms. The van der Waals surface area contributed by atoms with Crippen LogP contribution < -0.4 is 5.32 Å². The van der Waals surface area contributed by atoms with E-state index in [-0.39, 0.29) is 5.57 Å². The molecule has 1 heterocycles. The van der Waals surface area contributed by atoms with Crippen LogP contribution in [0.5, 0.6) is 0 Å². The van der Waals surface area contributed by atoms with Crippen molar-refractivity contribution in [2.45, 2.75) is 6.92 Å². The third kappa shape index (κ3) is 4.40. The summed E-state index contributed by atoms with van der Waals surface area (Å²) in [4.78, 5) is 12.3. The van der Waals surface area contributed by atoms with Gasteiger partial charge in [-0.15, -0.1) is 0 Å². The standard InChI is InChI=1S/C21H14Cl2N2O2/c1-13-5-7-15(8-6-13)25-21(26)14(12-24)11-16-9-10-19(27-16)17-3-2-4-18(22)20(17)23/h2-11H,1H3,(H,25,26)/b14-11+. The zero-order valence-corrected chi connectivity index (χ0v) is 15.8. The van der Waals surface area contributed by atoms with E-state index in [1.165, 1.54) is 6.08 Å². The number of rotatable bonds is 4. The van der Waals surface area contributed by atoms with Crippen LogP contribution in [0.1, 0.15) is 11.3 Å². The Labute approximate surface area is 166 Å². The van der Waals surface area contributed by atoms with Gasteiger partial charge in [0.2, 0.25) is 0 Å². The van der Waals surface area contributed by atoms with E-state index in [4.69, 9.17) is 27.6 Å². The van der Waals surface area contributed by atoms with E-state index in [2.05, 4.69) is 5.32 Å². The number of nitrogens with one attached hydrogen (secondary N) is 1. The summed E-state index contributed by atoms with van der Waals surface area (Å²) in [6.07, 6.45) is 1.38. The number of benzene rings is 2. The van der Waals surface area contributed by atoms with Crippen molar-refractivity contribution in [2.75, 3.05) is 5.32 Å². The summed E-state index contributed by atoms with van der Waals surface area (Å²) >= 11 is 12.2. The van der Waals surface area contributed by atoms with Crippen LogP contribution in [-0.2, 0) is 4.79 Å². The molecule has 2 aromatic carbocycles. The van der Waals surface area contributed by atoms with Gasteiger partial charge in [-0.3, -0.25) is 4.79 Å². The smallest absolute Gasteiger partial charge is 0.266 e. The van der Waals surface area contributed by atoms with Crippen molar-refractivity contribution in [3.63, 3.8) is 0 Å². The first-order valence-corrected chi connectivity index (χ1v) is 8.77. The highest BCUT2D eigenvalue weighted by Crippen LogP contribution is 2.34. The van der Waals surface area contributed by atoms with Gasteiger partial charge < -0.3 is 9.73 Å². The van der Waals surface area contributed by atoms with E-state index < -0.39 is 5.91 Å². The first-order chi connectivity index (χ1) is 13.0. The highest BCUT2D eigenvalue weighted by Gasteiger charge is 2.13. The maximum absolute atomic E-state index is 12.3. The molecule has 0 aliphatic rings. The second-order valence-electron chi connectivity index (χ2n) is 5.79. The van der Waals surface area contributed by atoms with Crippen LogP contribution in [0.3, 0.4) is 0 Å². The van der Waals surface area contributed by atoms with Crippen molar-refractivity contribution < 1.29 is 9.21 Å². The first-order valence-electron chi connectivity index (χ1n) is 8.02. The lowest BCUT2D eigenvalue weighted by Gasteiger charge is -2.04. The summed E-state index contributed by atoms with van der Waals surface area (Å²) in [5.41, 5.74) is 2.24. The molecule has 27 heavy (non-hydrogen) atoms. The number of furan rings is 1. The molecule has 0 aliphatic heterocycles. The van der Waals surface area contributed by atoms with Gasteiger partial charge in [-0.25, -0.2) is 0 Å². The topological polar surface area (TPSA) is 66.0 Å². The fraction of sp³-hybridized carbons (Fsp3) is 0.0476. The van der Waals surface area contributed by atoms with Crippen LogP contribution in [-0.4, -0.2) is 5.91 Å². The van der Waals surface area contributed by atoms with Crippen molar-refractivity contribution in [3.8, 4) is 17.4 Å². The Kier molecular flexibility index (Phi) is 5.66. The summed E-state index contributed by atoms with van der Waals surface area (Å²) in [5, 5.41) is 12.8. The van der Waals surface area contributed by atoms with Crippen molar-refractivity contribution in [1.29, 1.82) is 5.26 Å². The molecule has 0 radical (unpaired) electrons. The summed E-state index contributed by atoms with van der Waals surface area (Å²) in [6, 6.07) is 17.8. The molecular formula is C21H14Cl2N2O2. The molecule has 134 valence electrons. The normalized spacial score (nSPS) is 11.1. The molecule has 0 atom stereocenters. The highest BCUT2D eigenvalue weighted by atomic mass is 35.5. The maximum atomic E-state index is 12.3. The SMILES string of the molecule is Cc1ccc(NC(=O)/C(C#N)=C/c2ccc(-c3cccc(Cl)c3Cl)o2)cc1. The van der Waals surface area contributed by atoms with Gasteiger partial charge in [0.25, 0.3) is 5.91 Å². The number of carbonyl (C=O) groups excluding carboxylic acids is 1. The Morgan fingerprint density at radius 2 is 1.85 bits per heavy atom. The van der Waals surface area contributed by atoms with E-state index in [1.807, 2.05) is 25.1 Å². The van der Waals surface area contributed by atoms with Gasteiger partial charge in [0.05, 0.1) is 10.0 Å². The molecular weight excluding hydrogens is 383 g/mol. The zero-order valence-electron chi connectivity index (χ0n) is 14.3. The lowest BCUT2D eigenvalue weighted by molar-refractivity contribution is -0.112. The molecule has 1 N–H and O–H groups in total. The minimum Gasteiger partial charge on any atom is -0.457 e. The monoisotopic (exact) mass is 396 g/mol. The number of aryl methyl sites for hydroxylation is 1. The molecule has 0 aliphatic carbocycles. The second-order valence-corrected chi connectivity index (χ2v) is 6.58. The third-order valence-electron chi connectivity index (χ3n) is 3.80. The van der Waals surface area contributed by atoms with Gasteiger partial charge in [0.15, 0.2) is 0 Å². The first kappa shape index (κ1) is 18.8. The number of carbonyl (C=O) groups is 1. The van der Waals surface area contributed by atoms with E-state index in [1.54, 1.807) is 42.5 Å². The van der Waals surface area contributed by atoms with E-state index in [0.29, 0.717) is 32.8 Å². The van der Waals surface area contributed by atoms with Crippen molar-refractivity contribution >= 4 is 40.9 Å². The number of nitrogens with zero attached hydrogens (tertiary/aromatic N) is 1. The minimum atomic E-state index is -0.514.